The summed E-state index contributed by atoms with van der Waals surface area (Å²) in [6.45, 7) is 8.61. The molecule has 148 valence electrons. The standard InChI is InChI=1S/C9H15O3.3C4H9.Sn/c10-6-2-4-8-12-9-5-1-3-7-11-9;3*1-3-4-2;/h2,9-10H,1,3,5-8H2;3*1,3-4H2,2H3;. The minimum absolute atomic E-state index is 0.0247. The Balaban J connectivity index is 2.88. The van der Waals surface area contributed by atoms with Crippen molar-refractivity contribution in [2.45, 2.75) is 98.2 Å². The number of aliphatic hydroxyl groups is 1. The second-order valence-electron chi connectivity index (χ2n) is 7.61. The van der Waals surface area contributed by atoms with Gasteiger partial charge in [0.1, 0.15) is 0 Å². The van der Waals surface area contributed by atoms with E-state index in [-0.39, 0.29) is 12.9 Å². The number of ether oxygens (including phenoxy) is 2. The molecule has 1 aliphatic rings. The van der Waals surface area contributed by atoms with Crippen LogP contribution in [0, 0.1) is 0 Å². The summed E-state index contributed by atoms with van der Waals surface area (Å²) in [6.07, 6.45) is 13.3. The molecule has 1 atom stereocenters. The topological polar surface area (TPSA) is 38.7 Å². The molecule has 1 saturated heterocycles. The molecule has 25 heavy (non-hydrogen) atoms. The summed E-state index contributed by atoms with van der Waals surface area (Å²) in [4.78, 5) is 0. The molecule has 0 saturated carbocycles. The number of hydrogen-bond donors (Lipinski definition) is 1. The summed E-state index contributed by atoms with van der Waals surface area (Å²) < 4.78 is 17.8. The minimum atomic E-state index is -2.48. The van der Waals surface area contributed by atoms with E-state index in [2.05, 4.69) is 26.8 Å². The van der Waals surface area contributed by atoms with Crippen LogP contribution >= 0.6 is 0 Å². The molecule has 0 aliphatic carbocycles. The maximum atomic E-state index is 9.68. The quantitative estimate of drug-likeness (QED) is 0.331. The van der Waals surface area contributed by atoms with Gasteiger partial charge in [0, 0.05) is 0 Å². The van der Waals surface area contributed by atoms with Gasteiger partial charge in [-0.25, -0.2) is 0 Å². The SMILES string of the molecule is CCC[CH2][Sn]([CH2]CCC)([CH2]CCC)/[C](=C/CO)COC1CCCCO1. The van der Waals surface area contributed by atoms with Crippen LogP contribution in [0.2, 0.25) is 13.3 Å². The molecule has 0 amide bonds. The molecule has 0 aromatic carbocycles. The first-order valence-electron chi connectivity index (χ1n) is 10.8. The molecule has 4 heteroatoms. The van der Waals surface area contributed by atoms with Crippen molar-refractivity contribution in [1.82, 2.24) is 0 Å². The van der Waals surface area contributed by atoms with E-state index in [0.717, 1.165) is 19.4 Å². The van der Waals surface area contributed by atoms with Gasteiger partial charge in [0.2, 0.25) is 0 Å². The van der Waals surface area contributed by atoms with Gasteiger partial charge < -0.3 is 0 Å². The van der Waals surface area contributed by atoms with E-state index in [9.17, 15) is 5.11 Å². The second kappa shape index (κ2) is 14.5. The summed E-state index contributed by atoms with van der Waals surface area (Å²) >= 11 is -2.48. The van der Waals surface area contributed by atoms with Crippen molar-refractivity contribution in [2.24, 2.45) is 0 Å². The maximum absolute atomic E-state index is 9.68. The van der Waals surface area contributed by atoms with Crippen LogP contribution in [0.5, 0.6) is 0 Å². The Morgan fingerprint density at radius 1 is 1.04 bits per heavy atom. The van der Waals surface area contributed by atoms with E-state index in [4.69, 9.17) is 9.47 Å². The zero-order chi connectivity index (χ0) is 18.4. The van der Waals surface area contributed by atoms with Crippen molar-refractivity contribution in [3.8, 4) is 0 Å². The van der Waals surface area contributed by atoms with Crippen molar-refractivity contribution in [2.75, 3.05) is 19.8 Å². The van der Waals surface area contributed by atoms with Gasteiger partial charge in [0.05, 0.1) is 0 Å². The third-order valence-electron chi connectivity index (χ3n) is 5.61. The first-order valence-corrected chi connectivity index (χ1v) is 18.2. The molecule has 0 spiro atoms. The molecule has 1 aliphatic heterocycles. The fraction of sp³-hybridized carbons (Fsp3) is 0.905. The Morgan fingerprint density at radius 3 is 2.08 bits per heavy atom. The summed E-state index contributed by atoms with van der Waals surface area (Å²) in [6, 6.07) is 0. The monoisotopic (exact) mass is 462 g/mol. The van der Waals surface area contributed by atoms with Crippen LogP contribution in [-0.2, 0) is 9.47 Å². The third-order valence-corrected chi connectivity index (χ3v) is 21.7. The van der Waals surface area contributed by atoms with Crippen molar-refractivity contribution in [3.05, 3.63) is 9.67 Å². The fourth-order valence-electron chi connectivity index (χ4n) is 3.97. The molecule has 3 nitrogen and oxygen atoms in total. The predicted octanol–water partition coefficient (Wildman–Crippen LogP) is 5.84. The van der Waals surface area contributed by atoms with Crippen molar-refractivity contribution in [1.29, 1.82) is 0 Å². The summed E-state index contributed by atoms with van der Waals surface area (Å²) in [5, 5.41) is 9.68. The number of rotatable bonds is 14. The van der Waals surface area contributed by atoms with Crippen LogP contribution < -0.4 is 0 Å². The van der Waals surface area contributed by atoms with Gasteiger partial charge >= 0.3 is 161 Å². The third kappa shape index (κ3) is 8.77. The van der Waals surface area contributed by atoms with Gasteiger partial charge in [-0.3, -0.25) is 0 Å². The van der Waals surface area contributed by atoms with Gasteiger partial charge in [-0.1, -0.05) is 0 Å². The molecule has 1 N–H and O–H groups in total. The number of unbranched alkanes of at least 4 members (excludes halogenated alkanes) is 3. The average Bonchev–Trinajstić information content (AvgIpc) is 2.66. The molecule has 1 rings (SSSR count). The molecule has 0 aromatic heterocycles. The molecule has 0 bridgehead atoms. The van der Waals surface area contributed by atoms with Crippen LogP contribution in [0.25, 0.3) is 0 Å². The number of aliphatic hydroxyl groups excluding tert-OH is 1. The zero-order valence-corrected chi connectivity index (χ0v) is 19.9. The van der Waals surface area contributed by atoms with Crippen LogP contribution in [-0.4, -0.2) is 49.6 Å². The van der Waals surface area contributed by atoms with E-state index in [1.54, 1.807) is 0 Å². The average molecular weight is 461 g/mol. The van der Waals surface area contributed by atoms with Crippen LogP contribution in [0.4, 0.5) is 0 Å². The molecule has 1 heterocycles. The van der Waals surface area contributed by atoms with Gasteiger partial charge in [0.25, 0.3) is 0 Å². The molecule has 1 fully saturated rings. The Labute approximate surface area is 160 Å². The Kier molecular flexibility index (Phi) is 13.6. The normalized spacial score (nSPS) is 19.4. The summed E-state index contributed by atoms with van der Waals surface area (Å²) in [7, 11) is 0. The predicted molar refractivity (Wildman–Crippen MR) is 110 cm³/mol. The number of hydrogen-bond acceptors (Lipinski definition) is 3. The summed E-state index contributed by atoms with van der Waals surface area (Å²) in [5.41, 5.74) is 0. The van der Waals surface area contributed by atoms with Crippen LogP contribution in [0.15, 0.2) is 9.67 Å². The second-order valence-corrected chi connectivity index (χ2v) is 21.0. The van der Waals surface area contributed by atoms with Crippen molar-refractivity contribution < 1.29 is 14.6 Å². The molecular formula is C21H42O3Sn. The Bertz CT molecular complexity index is 329. The van der Waals surface area contributed by atoms with E-state index < -0.39 is 18.4 Å². The molecule has 0 aromatic rings. The van der Waals surface area contributed by atoms with Crippen LogP contribution in [0.1, 0.15) is 78.6 Å². The Morgan fingerprint density at radius 2 is 1.64 bits per heavy atom. The van der Waals surface area contributed by atoms with Gasteiger partial charge in [-0.05, 0) is 0 Å². The zero-order valence-electron chi connectivity index (χ0n) is 17.0. The van der Waals surface area contributed by atoms with E-state index in [1.807, 2.05) is 0 Å². The van der Waals surface area contributed by atoms with Gasteiger partial charge in [0.15, 0.2) is 0 Å². The van der Waals surface area contributed by atoms with Gasteiger partial charge in [-0.2, -0.15) is 0 Å². The van der Waals surface area contributed by atoms with E-state index in [0.29, 0.717) is 6.61 Å². The Hall–Kier alpha value is 0.419. The van der Waals surface area contributed by atoms with Gasteiger partial charge in [-0.15, -0.1) is 0 Å². The van der Waals surface area contributed by atoms with Crippen molar-refractivity contribution in [3.63, 3.8) is 0 Å². The summed E-state index contributed by atoms with van der Waals surface area (Å²) in [5.74, 6) is 0. The van der Waals surface area contributed by atoms with E-state index >= 15 is 0 Å². The first-order chi connectivity index (χ1) is 12.2. The molecular weight excluding hydrogens is 419 g/mol. The molecule has 1 unspecified atom stereocenters. The fourth-order valence-corrected chi connectivity index (χ4v) is 20.3. The van der Waals surface area contributed by atoms with Crippen LogP contribution in [0.3, 0.4) is 0 Å². The van der Waals surface area contributed by atoms with E-state index in [1.165, 1.54) is 61.8 Å². The molecule has 0 radical (unpaired) electrons. The first kappa shape index (κ1) is 23.5. The van der Waals surface area contributed by atoms with Crippen molar-refractivity contribution >= 4 is 18.4 Å².